The smallest absolute Gasteiger partial charge is 0.306 e. The van der Waals surface area contributed by atoms with Crippen molar-refractivity contribution in [2.24, 2.45) is 0 Å². The average molecular weight is 1110 g/mol. The molecule has 1 atom stereocenters. The van der Waals surface area contributed by atoms with Gasteiger partial charge in [0, 0.05) is 19.3 Å². The Morgan fingerprint density at radius 3 is 0.800 bits per heavy atom. The average Bonchev–Trinajstić information content (AvgIpc) is 3.46. The molecular weight excluding hydrogens is 985 g/mol. The van der Waals surface area contributed by atoms with Crippen LogP contribution in [0, 0.1) is 0 Å². The Kier molecular flexibility index (Phi) is 63.3. The van der Waals surface area contributed by atoms with Crippen LogP contribution in [0.3, 0.4) is 0 Å². The molecule has 454 valence electrons. The van der Waals surface area contributed by atoms with Gasteiger partial charge in [-0.3, -0.25) is 14.4 Å². The van der Waals surface area contributed by atoms with Gasteiger partial charge in [-0.25, -0.2) is 0 Å². The van der Waals surface area contributed by atoms with E-state index in [1.54, 1.807) is 0 Å². The Morgan fingerprint density at radius 1 is 0.263 bits per heavy atom. The highest BCUT2D eigenvalue weighted by Gasteiger charge is 2.19. The Bertz CT molecular complexity index is 1700. The van der Waals surface area contributed by atoms with Crippen molar-refractivity contribution in [1.82, 2.24) is 0 Å². The van der Waals surface area contributed by atoms with E-state index in [1.807, 2.05) is 0 Å². The quantitative estimate of drug-likeness (QED) is 0.0261. The fourth-order valence-electron chi connectivity index (χ4n) is 8.97. The normalized spacial score (nSPS) is 13.0. The van der Waals surface area contributed by atoms with Gasteiger partial charge in [-0.05, 0) is 128 Å². The van der Waals surface area contributed by atoms with Crippen molar-refractivity contribution in [1.29, 1.82) is 0 Å². The predicted octanol–water partition coefficient (Wildman–Crippen LogP) is 22.9. The molecule has 0 saturated carbocycles. The Morgan fingerprint density at radius 2 is 0.487 bits per heavy atom. The molecule has 0 heterocycles. The molecule has 1 unspecified atom stereocenters. The largest absolute Gasteiger partial charge is 0.462 e. The summed E-state index contributed by atoms with van der Waals surface area (Å²) in [6.07, 6.45) is 94.9. The van der Waals surface area contributed by atoms with Gasteiger partial charge in [0.15, 0.2) is 6.10 Å². The topological polar surface area (TPSA) is 78.9 Å². The molecular formula is C74H122O6. The molecule has 0 fully saturated rings. The van der Waals surface area contributed by atoms with Gasteiger partial charge in [0.25, 0.3) is 0 Å². The van der Waals surface area contributed by atoms with Crippen LogP contribution >= 0.6 is 0 Å². The number of rotatable bonds is 59. The molecule has 0 radical (unpaired) electrons. The first-order chi connectivity index (χ1) is 39.5. The van der Waals surface area contributed by atoms with Gasteiger partial charge in [0.1, 0.15) is 13.2 Å². The van der Waals surface area contributed by atoms with Gasteiger partial charge < -0.3 is 14.2 Å². The minimum absolute atomic E-state index is 0.0995. The molecule has 6 heteroatoms. The number of hydrogen-bond donors (Lipinski definition) is 0. The molecule has 0 aliphatic heterocycles. The summed E-state index contributed by atoms with van der Waals surface area (Å²) in [5.74, 6) is -0.951. The highest BCUT2D eigenvalue weighted by molar-refractivity contribution is 5.71. The summed E-state index contributed by atoms with van der Waals surface area (Å²) in [7, 11) is 0. The third-order valence-electron chi connectivity index (χ3n) is 13.9. The SMILES string of the molecule is CC/C=C\C/C=C\C/C=C\C/C=C\C/C=C\C/C=C\CCCCC(=O)OC(COC(=O)CCCCCCC/C=C\CCC)COC(=O)CCCCCCCCCCCCCCCCCCCC/C=C\C/C=C\C/C=C\C/C=C\CC. The van der Waals surface area contributed by atoms with Crippen molar-refractivity contribution in [3.05, 3.63) is 134 Å². The molecule has 0 saturated heterocycles. The second-order valence-corrected chi connectivity index (χ2v) is 21.6. The van der Waals surface area contributed by atoms with Crippen molar-refractivity contribution in [3.8, 4) is 0 Å². The van der Waals surface area contributed by atoms with Crippen molar-refractivity contribution in [2.75, 3.05) is 13.2 Å². The van der Waals surface area contributed by atoms with Crippen LogP contribution in [0.1, 0.15) is 297 Å². The molecule has 0 aromatic rings. The Hall–Kier alpha value is -4.45. The summed E-state index contributed by atoms with van der Waals surface area (Å²) in [6.45, 7) is 6.32. The summed E-state index contributed by atoms with van der Waals surface area (Å²) in [5, 5.41) is 0. The van der Waals surface area contributed by atoms with E-state index in [2.05, 4.69) is 154 Å². The fraction of sp³-hybridized carbons (Fsp3) is 0.662. The summed E-state index contributed by atoms with van der Waals surface area (Å²) < 4.78 is 16.9. The first kappa shape index (κ1) is 75.5. The van der Waals surface area contributed by atoms with Gasteiger partial charge in [-0.15, -0.1) is 0 Å². The minimum Gasteiger partial charge on any atom is -0.462 e. The summed E-state index contributed by atoms with van der Waals surface area (Å²) in [4.78, 5) is 38.2. The van der Waals surface area contributed by atoms with Gasteiger partial charge in [0.2, 0.25) is 0 Å². The summed E-state index contributed by atoms with van der Waals surface area (Å²) in [6, 6.07) is 0. The van der Waals surface area contributed by atoms with E-state index in [0.29, 0.717) is 19.3 Å². The molecule has 0 aromatic heterocycles. The fourth-order valence-corrected chi connectivity index (χ4v) is 8.97. The molecule has 0 N–H and O–H groups in total. The third-order valence-corrected chi connectivity index (χ3v) is 13.9. The third kappa shape index (κ3) is 64.4. The number of esters is 3. The van der Waals surface area contributed by atoms with E-state index in [1.165, 1.54) is 116 Å². The second kappa shape index (κ2) is 67.1. The van der Waals surface area contributed by atoms with Crippen LogP contribution in [0.4, 0.5) is 0 Å². The maximum atomic E-state index is 12.9. The highest BCUT2D eigenvalue weighted by atomic mass is 16.6. The number of unbranched alkanes of at least 4 members (excludes halogenated alkanes) is 26. The number of ether oxygens (including phenoxy) is 3. The standard InChI is InChI=1S/C74H122O6/c1-4-7-10-13-16-19-22-24-26-28-30-32-33-34-35-36-37-38-39-40-41-43-44-46-48-50-52-55-58-61-64-67-73(76)79-70-71(69-78-72(75)66-63-60-57-54-21-18-15-12-9-6-3)80-74(77)68-65-62-59-56-53-51-49-47-45-42-31-29-27-25-23-20-17-14-11-8-5-2/h7-8,10-12,15-17,19-20,24-27,30-32,42,47,49,53,56,71H,4-6,9,13-14,18,21-23,28-29,33-41,43-46,48,50-52,54-55,57-70H2,1-3H3/b10-7-,11-8-,15-12-,19-16-,20-17-,26-24-,27-25-,32-30-,42-31-,49-47-,56-53-. The molecule has 6 nitrogen and oxygen atoms in total. The number of hydrogen-bond acceptors (Lipinski definition) is 6. The molecule has 0 spiro atoms. The van der Waals surface area contributed by atoms with Gasteiger partial charge >= 0.3 is 17.9 Å². The van der Waals surface area contributed by atoms with E-state index in [4.69, 9.17) is 14.2 Å². The van der Waals surface area contributed by atoms with Crippen molar-refractivity contribution in [3.63, 3.8) is 0 Å². The lowest BCUT2D eigenvalue weighted by Gasteiger charge is -2.18. The number of allylic oxidation sites excluding steroid dienone is 22. The van der Waals surface area contributed by atoms with Crippen LogP contribution in [0.15, 0.2) is 134 Å². The lowest BCUT2D eigenvalue weighted by Crippen LogP contribution is -2.30. The molecule has 0 amide bonds. The lowest BCUT2D eigenvalue weighted by molar-refractivity contribution is -0.167. The first-order valence-electron chi connectivity index (χ1n) is 33.2. The number of carbonyl (C=O) groups excluding carboxylic acids is 3. The molecule has 80 heavy (non-hydrogen) atoms. The highest BCUT2D eigenvalue weighted by Crippen LogP contribution is 2.16. The molecule has 0 bridgehead atoms. The molecule has 0 aliphatic carbocycles. The Balaban J connectivity index is 4.23. The van der Waals surface area contributed by atoms with E-state index < -0.39 is 6.10 Å². The van der Waals surface area contributed by atoms with Gasteiger partial charge in [-0.2, -0.15) is 0 Å². The monoisotopic (exact) mass is 1110 g/mol. The van der Waals surface area contributed by atoms with E-state index in [-0.39, 0.29) is 37.5 Å². The van der Waals surface area contributed by atoms with Crippen molar-refractivity contribution >= 4 is 17.9 Å². The van der Waals surface area contributed by atoms with E-state index in [9.17, 15) is 14.4 Å². The van der Waals surface area contributed by atoms with Crippen molar-refractivity contribution in [2.45, 2.75) is 303 Å². The van der Waals surface area contributed by atoms with Crippen LogP contribution in [0.2, 0.25) is 0 Å². The number of carbonyl (C=O) groups is 3. The molecule has 0 aromatic carbocycles. The van der Waals surface area contributed by atoms with Crippen LogP contribution < -0.4 is 0 Å². The van der Waals surface area contributed by atoms with Crippen LogP contribution in [0.25, 0.3) is 0 Å². The van der Waals surface area contributed by atoms with E-state index in [0.717, 1.165) is 135 Å². The van der Waals surface area contributed by atoms with Gasteiger partial charge in [0.05, 0.1) is 0 Å². The molecule has 0 aliphatic rings. The first-order valence-corrected chi connectivity index (χ1v) is 33.2. The summed E-state index contributed by atoms with van der Waals surface area (Å²) >= 11 is 0. The van der Waals surface area contributed by atoms with Crippen LogP contribution in [0.5, 0.6) is 0 Å². The lowest BCUT2D eigenvalue weighted by atomic mass is 10.0. The Labute approximate surface area is 494 Å². The zero-order chi connectivity index (χ0) is 57.8. The second-order valence-electron chi connectivity index (χ2n) is 21.6. The van der Waals surface area contributed by atoms with Crippen LogP contribution in [-0.4, -0.2) is 37.2 Å². The van der Waals surface area contributed by atoms with Crippen molar-refractivity contribution < 1.29 is 28.6 Å². The zero-order valence-corrected chi connectivity index (χ0v) is 52.0. The van der Waals surface area contributed by atoms with Gasteiger partial charge in [-0.1, -0.05) is 283 Å². The molecule has 0 rings (SSSR count). The maximum absolute atomic E-state index is 12.9. The maximum Gasteiger partial charge on any atom is 0.306 e. The zero-order valence-electron chi connectivity index (χ0n) is 52.0. The summed E-state index contributed by atoms with van der Waals surface area (Å²) in [5.41, 5.74) is 0. The predicted molar refractivity (Wildman–Crippen MR) is 348 cm³/mol. The minimum atomic E-state index is -0.808. The van der Waals surface area contributed by atoms with E-state index >= 15 is 0 Å². The van der Waals surface area contributed by atoms with Crippen LogP contribution in [-0.2, 0) is 28.6 Å².